The summed E-state index contributed by atoms with van der Waals surface area (Å²) in [5, 5.41) is 1.80. The van der Waals surface area contributed by atoms with E-state index in [1.165, 1.54) is 11.8 Å². The Labute approximate surface area is 99.2 Å². The summed E-state index contributed by atoms with van der Waals surface area (Å²) < 4.78 is 0. The van der Waals surface area contributed by atoms with Crippen LogP contribution in [0.3, 0.4) is 0 Å². The van der Waals surface area contributed by atoms with Gasteiger partial charge in [0, 0.05) is 14.1 Å². The van der Waals surface area contributed by atoms with Crippen molar-refractivity contribution in [3.8, 4) is 0 Å². The van der Waals surface area contributed by atoms with Crippen LogP contribution in [-0.2, 0) is 4.79 Å². The Kier molecular flexibility index (Phi) is 4.54. The van der Waals surface area contributed by atoms with Gasteiger partial charge in [0.1, 0.15) is 0 Å². The Balaban J connectivity index is 2.77. The van der Waals surface area contributed by atoms with Gasteiger partial charge < -0.3 is 4.90 Å². The minimum atomic E-state index is -0.568. The van der Waals surface area contributed by atoms with E-state index in [2.05, 4.69) is 10.4 Å². The highest BCUT2D eigenvalue weighted by Crippen LogP contribution is 2.00. The number of amides is 1. The number of hydrazine groups is 1. The van der Waals surface area contributed by atoms with Gasteiger partial charge in [-0.3, -0.25) is 21.3 Å². The molecule has 6 N–H and O–H groups in total. The number of hydrogen-bond acceptors (Lipinski definition) is 5. The normalized spacial score (nSPS) is 26.0. The number of carbonyl (C=O) groups is 1. The van der Waals surface area contributed by atoms with Crippen molar-refractivity contribution in [2.45, 2.75) is 11.5 Å². The number of nitrogens with one attached hydrogen (secondary N) is 2. The summed E-state index contributed by atoms with van der Waals surface area (Å²) in [6.45, 7) is 0.525. The van der Waals surface area contributed by atoms with E-state index in [4.69, 9.17) is 11.5 Å². The molecule has 7 nitrogen and oxygen atoms in total. The molecule has 0 aromatic carbocycles. The van der Waals surface area contributed by atoms with Crippen molar-refractivity contribution in [2.24, 2.45) is 11.5 Å². The van der Waals surface area contributed by atoms with E-state index in [-0.39, 0.29) is 11.4 Å². The fourth-order valence-corrected chi connectivity index (χ4v) is 1.69. The van der Waals surface area contributed by atoms with Crippen LogP contribution in [-0.4, -0.2) is 60.2 Å². The number of nitrogens with zero attached hydrogens (tertiary/aromatic N) is 2. The second-order valence-corrected chi connectivity index (χ2v) is 4.67. The maximum Gasteiger partial charge on any atom is 0.271 e. The van der Waals surface area contributed by atoms with Gasteiger partial charge in [0.15, 0.2) is 5.50 Å². The molecule has 1 unspecified atom stereocenters. The predicted molar refractivity (Wildman–Crippen MR) is 64.0 cm³/mol. The van der Waals surface area contributed by atoms with Crippen LogP contribution in [0, 0.1) is 0 Å². The van der Waals surface area contributed by atoms with E-state index in [0.29, 0.717) is 12.5 Å². The molecule has 92 valence electrons. The van der Waals surface area contributed by atoms with Gasteiger partial charge >= 0.3 is 0 Å². The molecule has 1 amide bonds. The van der Waals surface area contributed by atoms with Gasteiger partial charge in [-0.05, 0) is 6.26 Å². The van der Waals surface area contributed by atoms with E-state index in [0.717, 1.165) is 0 Å². The third-order valence-corrected chi connectivity index (χ3v) is 2.90. The molecule has 1 saturated heterocycles. The Bertz CT molecular complexity index is 296. The number of nitrogens with two attached hydrogens (primary N) is 2. The van der Waals surface area contributed by atoms with Gasteiger partial charge in [0.25, 0.3) is 11.7 Å². The maximum absolute atomic E-state index is 11.8. The van der Waals surface area contributed by atoms with Gasteiger partial charge in [0.2, 0.25) is 6.04 Å². The van der Waals surface area contributed by atoms with E-state index in [9.17, 15) is 4.79 Å². The van der Waals surface area contributed by atoms with Gasteiger partial charge in [-0.25, -0.2) is 10.4 Å². The maximum atomic E-state index is 11.8. The van der Waals surface area contributed by atoms with Crippen LogP contribution in [0.25, 0.3) is 0 Å². The van der Waals surface area contributed by atoms with Crippen molar-refractivity contribution in [1.29, 1.82) is 0 Å². The fraction of sp³-hybridized carbons (Fsp3) is 0.750. The lowest BCUT2D eigenvalue weighted by Gasteiger charge is -2.34. The van der Waals surface area contributed by atoms with E-state index < -0.39 is 6.04 Å². The standard InChI is InChI=1S/C8H18N6OS/c1-13-4-14(2)12-5(7(13)15)6(9)11-8(10)16-3/h5,8,12H,4,10H2,1-3H3,(H2,9,11)/p+1/t5-,8?/m0/s1. The predicted octanol–water partition coefficient (Wildman–Crippen LogP) is -3.74. The number of hydrogen-bond donors (Lipinski definition) is 4. The zero-order chi connectivity index (χ0) is 12.3. The Hall–Kier alpha value is -0.830. The SMILES string of the molecule is CSC(N)[NH+]=C(N)[C@@H]1NN(C)CN(C)C1=O. The van der Waals surface area contributed by atoms with Crippen LogP contribution in [0.15, 0.2) is 0 Å². The molecular weight excluding hydrogens is 228 g/mol. The zero-order valence-corrected chi connectivity index (χ0v) is 10.5. The molecule has 8 heteroatoms. The summed E-state index contributed by atoms with van der Waals surface area (Å²) in [4.78, 5) is 16.3. The molecule has 2 atom stereocenters. The Morgan fingerprint density at radius 2 is 2.31 bits per heavy atom. The molecule has 0 aromatic rings. The lowest BCUT2D eigenvalue weighted by atomic mass is 10.2. The second-order valence-electron chi connectivity index (χ2n) is 3.69. The molecule has 1 aliphatic rings. The number of likely N-dealkylation sites (N-methyl/N-ethyl adjacent to an activating group) is 1. The molecule has 0 spiro atoms. The van der Waals surface area contributed by atoms with E-state index in [1.54, 1.807) is 17.0 Å². The molecule has 1 heterocycles. The van der Waals surface area contributed by atoms with Crippen LogP contribution in [0.5, 0.6) is 0 Å². The van der Waals surface area contributed by atoms with E-state index >= 15 is 0 Å². The molecule has 0 bridgehead atoms. The summed E-state index contributed by atoms with van der Waals surface area (Å²) >= 11 is 1.42. The summed E-state index contributed by atoms with van der Waals surface area (Å²) in [6, 6.07) is -0.568. The van der Waals surface area contributed by atoms with Crippen molar-refractivity contribution >= 4 is 23.5 Å². The Morgan fingerprint density at radius 1 is 1.69 bits per heavy atom. The van der Waals surface area contributed by atoms with Crippen LogP contribution >= 0.6 is 11.8 Å². The lowest BCUT2D eigenvalue weighted by Crippen LogP contribution is -2.87. The minimum absolute atomic E-state index is 0.0728. The number of rotatable bonds is 3. The molecule has 1 fully saturated rings. The second kappa shape index (κ2) is 5.48. The highest BCUT2D eigenvalue weighted by Gasteiger charge is 2.35. The number of thioether (sulfide) groups is 1. The van der Waals surface area contributed by atoms with Gasteiger partial charge in [-0.15, -0.1) is 11.8 Å². The number of amidine groups is 1. The first kappa shape index (κ1) is 13.2. The average Bonchev–Trinajstić information content (AvgIpc) is 2.22. The van der Waals surface area contributed by atoms with Crippen LogP contribution in [0.2, 0.25) is 0 Å². The summed E-state index contributed by atoms with van der Waals surface area (Å²) in [7, 11) is 3.58. The average molecular weight is 247 g/mol. The highest BCUT2D eigenvalue weighted by molar-refractivity contribution is 7.98. The highest BCUT2D eigenvalue weighted by atomic mass is 32.2. The smallest absolute Gasteiger partial charge is 0.271 e. The molecule has 16 heavy (non-hydrogen) atoms. The van der Waals surface area contributed by atoms with E-state index in [1.807, 2.05) is 13.3 Å². The van der Waals surface area contributed by atoms with Gasteiger partial charge in [0.05, 0.1) is 6.67 Å². The molecule has 0 aromatic heterocycles. The lowest BCUT2D eigenvalue weighted by molar-refractivity contribution is -0.475. The first-order valence-electron chi connectivity index (χ1n) is 4.85. The fourth-order valence-electron chi connectivity index (χ4n) is 1.43. The van der Waals surface area contributed by atoms with Crippen molar-refractivity contribution in [3.63, 3.8) is 0 Å². The Morgan fingerprint density at radius 3 is 2.88 bits per heavy atom. The molecule has 0 radical (unpaired) electrons. The largest absolute Gasteiger partial charge is 0.330 e. The monoisotopic (exact) mass is 247 g/mol. The zero-order valence-electron chi connectivity index (χ0n) is 9.73. The molecule has 0 saturated carbocycles. The summed E-state index contributed by atoms with van der Waals surface area (Å²) in [5.41, 5.74) is 14.2. The minimum Gasteiger partial charge on any atom is -0.330 e. The summed E-state index contributed by atoms with van der Waals surface area (Å²) in [6.07, 6.45) is 1.86. The quantitative estimate of drug-likeness (QED) is 0.232. The molecule has 0 aliphatic carbocycles. The third-order valence-electron chi connectivity index (χ3n) is 2.27. The summed E-state index contributed by atoms with van der Waals surface area (Å²) in [5.74, 6) is 0.265. The van der Waals surface area contributed by atoms with Crippen LogP contribution in [0.1, 0.15) is 0 Å². The number of carbonyl (C=O) groups excluding carboxylic acids is 1. The molecule has 1 aliphatic heterocycles. The third kappa shape index (κ3) is 3.08. The van der Waals surface area contributed by atoms with Gasteiger partial charge in [-0.1, -0.05) is 0 Å². The van der Waals surface area contributed by atoms with Crippen molar-refractivity contribution < 1.29 is 9.79 Å². The molecular formula is C8H19N6OS+. The first-order chi connectivity index (χ1) is 7.45. The topological polar surface area (TPSA) is 102 Å². The molecule has 1 rings (SSSR count). The van der Waals surface area contributed by atoms with Crippen molar-refractivity contribution in [1.82, 2.24) is 15.3 Å². The van der Waals surface area contributed by atoms with Crippen LogP contribution in [0.4, 0.5) is 0 Å². The van der Waals surface area contributed by atoms with Crippen molar-refractivity contribution in [3.05, 3.63) is 0 Å². The van der Waals surface area contributed by atoms with Crippen LogP contribution < -0.4 is 21.9 Å². The van der Waals surface area contributed by atoms with Crippen molar-refractivity contribution in [2.75, 3.05) is 27.0 Å². The van der Waals surface area contributed by atoms with Gasteiger partial charge in [-0.2, -0.15) is 0 Å². The first-order valence-corrected chi connectivity index (χ1v) is 6.14.